The largest absolute Gasteiger partial charge is 0.486 e. The molecule has 0 spiro atoms. The number of hydrogen-bond donors (Lipinski definition) is 0. The molecule has 0 bridgehead atoms. The van der Waals surface area contributed by atoms with Crippen LogP contribution >= 0.6 is 0 Å². The topological polar surface area (TPSA) is 75.0 Å². The van der Waals surface area contributed by atoms with Crippen LogP contribution in [-0.2, 0) is 11.0 Å². The van der Waals surface area contributed by atoms with E-state index in [0.29, 0.717) is 12.4 Å². The molecule has 1 aromatic heterocycles. The third-order valence-corrected chi connectivity index (χ3v) is 4.21. The molecule has 3 aromatic rings. The molecule has 0 amide bonds. The van der Waals surface area contributed by atoms with Gasteiger partial charge in [-0.25, -0.2) is 0 Å². The first-order valence-electron chi connectivity index (χ1n) is 8.50. The van der Waals surface area contributed by atoms with E-state index in [4.69, 9.17) is 18.6 Å². The molecule has 2 heterocycles. The van der Waals surface area contributed by atoms with E-state index in [2.05, 4.69) is 0 Å². The minimum atomic E-state index is -4.94. The van der Waals surface area contributed by atoms with Gasteiger partial charge >= 0.3 is 12.1 Å². The summed E-state index contributed by atoms with van der Waals surface area (Å²) in [7, 11) is 0. The van der Waals surface area contributed by atoms with Crippen LogP contribution < -0.4 is 19.6 Å². The van der Waals surface area contributed by atoms with Crippen molar-refractivity contribution in [3.63, 3.8) is 0 Å². The Morgan fingerprint density at radius 2 is 1.76 bits per heavy atom. The number of fused-ring (bicyclic) bond motifs is 2. The highest BCUT2D eigenvalue weighted by molar-refractivity contribution is 5.85. The lowest BCUT2D eigenvalue weighted by molar-refractivity contribution is -0.152. The van der Waals surface area contributed by atoms with Gasteiger partial charge in [0.15, 0.2) is 11.5 Å². The van der Waals surface area contributed by atoms with Gasteiger partial charge in [0, 0.05) is 13.0 Å². The van der Waals surface area contributed by atoms with E-state index < -0.39 is 28.9 Å². The lowest BCUT2D eigenvalue weighted by atomic mass is 10.0. The molecule has 4 rings (SSSR count). The summed E-state index contributed by atoms with van der Waals surface area (Å²) < 4.78 is 61.8. The number of halogens is 3. The Balaban J connectivity index is 1.96. The molecule has 0 aliphatic carbocycles. The fourth-order valence-corrected chi connectivity index (χ4v) is 3.06. The number of carbonyl (C=O) groups is 1. The van der Waals surface area contributed by atoms with Crippen molar-refractivity contribution in [3.8, 4) is 28.4 Å². The second-order valence-corrected chi connectivity index (χ2v) is 6.24. The zero-order chi connectivity index (χ0) is 20.8. The number of carbonyl (C=O) groups excluding carboxylic acids is 1. The quantitative estimate of drug-likeness (QED) is 0.470. The van der Waals surface area contributed by atoms with Crippen molar-refractivity contribution in [2.75, 3.05) is 13.2 Å². The maximum atomic E-state index is 13.7. The van der Waals surface area contributed by atoms with Crippen molar-refractivity contribution in [3.05, 3.63) is 52.4 Å². The standard InChI is InChI=1S/C20H13F3O6/c1-10(24)28-12-3-4-13-15(9-12)29-19(20(21,22)23)17(18(13)25)11-2-5-14-16(8-11)27-7-6-26-14/h2-5,8-9H,6-7H2,1H3. The van der Waals surface area contributed by atoms with Crippen molar-refractivity contribution >= 4 is 16.9 Å². The van der Waals surface area contributed by atoms with Gasteiger partial charge in [-0.05, 0) is 29.8 Å². The molecule has 2 aromatic carbocycles. The van der Waals surface area contributed by atoms with Crippen molar-refractivity contribution in [2.45, 2.75) is 13.1 Å². The van der Waals surface area contributed by atoms with E-state index in [9.17, 15) is 22.8 Å². The number of alkyl halides is 3. The SMILES string of the molecule is CC(=O)Oc1ccc2c(=O)c(-c3ccc4c(c3)OCCO4)c(C(F)(F)F)oc2c1. The van der Waals surface area contributed by atoms with E-state index in [1.54, 1.807) is 0 Å². The summed E-state index contributed by atoms with van der Waals surface area (Å²) >= 11 is 0. The lowest BCUT2D eigenvalue weighted by Gasteiger charge is -2.19. The van der Waals surface area contributed by atoms with E-state index in [0.717, 1.165) is 13.0 Å². The van der Waals surface area contributed by atoms with Gasteiger partial charge in [0.05, 0.1) is 10.9 Å². The van der Waals surface area contributed by atoms with Crippen molar-refractivity contribution in [2.24, 2.45) is 0 Å². The highest BCUT2D eigenvalue weighted by atomic mass is 19.4. The summed E-state index contributed by atoms with van der Waals surface area (Å²) in [6.45, 7) is 1.71. The summed E-state index contributed by atoms with van der Waals surface area (Å²) in [6, 6.07) is 7.73. The van der Waals surface area contributed by atoms with Gasteiger partial charge in [0.25, 0.3) is 0 Å². The van der Waals surface area contributed by atoms with E-state index in [-0.39, 0.29) is 34.6 Å². The summed E-state index contributed by atoms with van der Waals surface area (Å²) in [5.41, 5.74) is -1.87. The Bertz CT molecular complexity index is 1180. The lowest BCUT2D eigenvalue weighted by Crippen LogP contribution is -2.17. The average molecular weight is 406 g/mol. The van der Waals surface area contributed by atoms with Crippen LogP contribution in [0.2, 0.25) is 0 Å². The predicted molar refractivity (Wildman–Crippen MR) is 95.2 cm³/mol. The summed E-state index contributed by atoms with van der Waals surface area (Å²) in [4.78, 5) is 24.0. The summed E-state index contributed by atoms with van der Waals surface area (Å²) in [6.07, 6.45) is -4.94. The summed E-state index contributed by atoms with van der Waals surface area (Å²) in [5.74, 6) is -1.52. The molecule has 29 heavy (non-hydrogen) atoms. The fraction of sp³-hybridized carbons (Fsp3) is 0.200. The molecule has 6 nitrogen and oxygen atoms in total. The molecule has 1 aliphatic rings. The Morgan fingerprint density at radius 1 is 1.03 bits per heavy atom. The Kier molecular flexibility index (Phi) is 4.45. The predicted octanol–water partition coefficient (Wildman–Crippen LogP) is 4.18. The first-order chi connectivity index (χ1) is 13.7. The molecule has 0 N–H and O–H groups in total. The van der Waals surface area contributed by atoms with Gasteiger partial charge in [-0.15, -0.1) is 0 Å². The van der Waals surface area contributed by atoms with Gasteiger partial charge < -0.3 is 18.6 Å². The maximum Gasteiger partial charge on any atom is 0.450 e. The highest BCUT2D eigenvalue weighted by Gasteiger charge is 2.39. The number of rotatable bonds is 2. The molecule has 0 saturated carbocycles. The van der Waals surface area contributed by atoms with Crippen LogP contribution in [0.3, 0.4) is 0 Å². The van der Waals surface area contributed by atoms with Crippen molar-refractivity contribution in [1.82, 2.24) is 0 Å². The van der Waals surface area contributed by atoms with E-state index >= 15 is 0 Å². The first-order valence-corrected chi connectivity index (χ1v) is 8.50. The Labute approximate surface area is 161 Å². The first kappa shape index (κ1) is 18.9. The van der Waals surface area contributed by atoms with Gasteiger partial charge in [0.1, 0.15) is 24.5 Å². The Hall–Kier alpha value is -3.49. The van der Waals surface area contributed by atoms with Gasteiger partial charge in [-0.1, -0.05) is 6.07 Å². The Morgan fingerprint density at radius 3 is 2.45 bits per heavy atom. The molecular formula is C20H13F3O6. The summed E-state index contributed by atoms with van der Waals surface area (Å²) in [5, 5.41) is -0.0845. The molecule has 0 radical (unpaired) electrons. The van der Waals surface area contributed by atoms with Gasteiger partial charge in [0.2, 0.25) is 11.2 Å². The smallest absolute Gasteiger partial charge is 0.450 e. The van der Waals surface area contributed by atoms with E-state index in [1.807, 2.05) is 0 Å². The number of ether oxygens (including phenoxy) is 3. The van der Waals surface area contributed by atoms with Crippen LogP contribution in [0.1, 0.15) is 12.7 Å². The second kappa shape index (κ2) is 6.84. The molecule has 0 saturated heterocycles. The molecule has 9 heteroatoms. The van der Waals surface area contributed by atoms with Crippen LogP contribution in [0.25, 0.3) is 22.1 Å². The number of benzene rings is 2. The van der Waals surface area contributed by atoms with Crippen LogP contribution in [-0.4, -0.2) is 19.2 Å². The third kappa shape index (κ3) is 3.51. The average Bonchev–Trinajstić information content (AvgIpc) is 2.66. The number of hydrogen-bond acceptors (Lipinski definition) is 6. The van der Waals surface area contributed by atoms with E-state index in [1.165, 1.54) is 30.3 Å². The second-order valence-electron chi connectivity index (χ2n) is 6.24. The van der Waals surface area contributed by atoms with Crippen LogP contribution in [0, 0.1) is 0 Å². The molecule has 150 valence electrons. The normalized spacial score (nSPS) is 13.4. The van der Waals surface area contributed by atoms with Crippen molar-refractivity contribution < 1.29 is 36.6 Å². The fourth-order valence-electron chi connectivity index (χ4n) is 3.06. The monoisotopic (exact) mass is 406 g/mol. The maximum absolute atomic E-state index is 13.7. The minimum Gasteiger partial charge on any atom is -0.486 e. The minimum absolute atomic E-state index is 0.0127. The number of esters is 1. The van der Waals surface area contributed by atoms with Gasteiger partial charge in [-0.3, -0.25) is 9.59 Å². The third-order valence-electron chi connectivity index (χ3n) is 4.21. The van der Waals surface area contributed by atoms with Crippen molar-refractivity contribution in [1.29, 1.82) is 0 Å². The molecule has 0 unspecified atom stereocenters. The molecule has 1 aliphatic heterocycles. The molecule has 0 atom stereocenters. The highest BCUT2D eigenvalue weighted by Crippen LogP contribution is 2.40. The zero-order valence-corrected chi connectivity index (χ0v) is 15.0. The van der Waals surface area contributed by atoms with Crippen LogP contribution in [0.4, 0.5) is 13.2 Å². The molecular weight excluding hydrogens is 393 g/mol. The molecule has 0 fully saturated rings. The van der Waals surface area contributed by atoms with Gasteiger partial charge in [-0.2, -0.15) is 13.2 Å². The van der Waals surface area contributed by atoms with Crippen LogP contribution in [0.15, 0.2) is 45.6 Å². The zero-order valence-electron chi connectivity index (χ0n) is 15.0. The van der Waals surface area contributed by atoms with Crippen LogP contribution in [0.5, 0.6) is 17.2 Å².